The fraction of sp³-hybridized carbons (Fsp3) is 1.00. The van der Waals surface area contributed by atoms with Crippen LogP contribution in [0.2, 0.25) is 0 Å². The number of halogens is 1. The van der Waals surface area contributed by atoms with Gasteiger partial charge < -0.3 is 0 Å². The summed E-state index contributed by atoms with van der Waals surface area (Å²) in [5.41, 5.74) is 0. The van der Waals surface area contributed by atoms with Crippen LogP contribution >= 0.6 is 59.6 Å². The summed E-state index contributed by atoms with van der Waals surface area (Å²) in [6.45, 7) is 0. The van der Waals surface area contributed by atoms with E-state index in [1.165, 1.54) is 11.5 Å². The second kappa shape index (κ2) is 7.92. The summed E-state index contributed by atoms with van der Waals surface area (Å²) >= 11 is 13.4. The standard InChI is InChI=1S/C4H8S3Se.CH3I/c5-3-1-7-2-4(6)8-3;1-2/h3-6H,1-2H2;1H3/i;1D. The van der Waals surface area contributed by atoms with Crippen LogP contribution in [0.15, 0.2) is 0 Å². The van der Waals surface area contributed by atoms with Crippen molar-refractivity contribution in [3.05, 3.63) is 0 Å². The minimum absolute atomic E-state index is 0.470. The maximum Gasteiger partial charge on any atom is 0.0341 e. The first-order valence-electron chi connectivity index (χ1n) is 3.36. The van der Waals surface area contributed by atoms with Gasteiger partial charge in [0, 0.05) is 1.37 Å². The number of hydrogen-bond donors (Lipinski definition) is 2. The van der Waals surface area contributed by atoms with Gasteiger partial charge in [0.25, 0.3) is 0 Å². The molecule has 0 spiro atoms. The van der Waals surface area contributed by atoms with Crippen LogP contribution in [0.4, 0.5) is 0 Å². The first-order valence-corrected chi connectivity index (χ1v) is 8.34. The maximum absolute atomic E-state index is 6.20. The Labute approximate surface area is 99.6 Å². The first-order chi connectivity index (χ1) is 5.20. The van der Waals surface area contributed by atoms with Crippen LogP contribution in [0, 0.1) is 0 Å². The molecular weight excluding hydrogens is 362 g/mol. The Morgan fingerprint density at radius 1 is 1.60 bits per heavy atom. The smallest absolute Gasteiger partial charge is 0.0341 e. The van der Waals surface area contributed by atoms with Crippen molar-refractivity contribution in [2.24, 2.45) is 0 Å². The third-order valence-electron chi connectivity index (χ3n) is 0.835. The van der Waals surface area contributed by atoms with Crippen molar-refractivity contribution >= 4 is 74.6 Å². The van der Waals surface area contributed by atoms with Crippen molar-refractivity contribution in [3.63, 3.8) is 0 Å². The molecule has 0 bridgehead atoms. The van der Waals surface area contributed by atoms with E-state index < -0.39 is 0 Å². The Bertz CT molecular complexity index is 89.8. The van der Waals surface area contributed by atoms with Crippen molar-refractivity contribution in [1.29, 1.82) is 0 Å². The van der Waals surface area contributed by atoms with E-state index in [2.05, 4.69) is 25.3 Å². The summed E-state index contributed by atoms with van der Waals surface area (Å²) in [5.74, 6) is 2.47. The van der Waals surface area contributed by atoms with Gasteiger partial charge in [0.2, 0.25) is 0 Å². The van der Waals surface area contributed by atoms with E-state index in [-0.39, 0.29) is 0 Å². The number of hydrogen-bond acceptors (Lipinski definition) is 3. The molecular formula is C5H11IS3Se. The van der Waals surface area contributed by atoms with Gasteiger partial charge >= 0.3 is 71.8 Å². The zero-order valence-electron chi connectivity index (χ0n) is 6.36. The third kappa shape index (κ3) is 5.89. The zero-order chi connectivity index (χ0) is 8.69. The Morgan fingerprint density at radius 2 is 2.00 bits per heavy atom. The molecule has 0 aromatic rings. The molecule has 1 aliphatic heterocycles. The minimum atomic E-state index is 0.470. The molecule has 0 aromatic carbocycles. The summed E-state index contributed by atoms with van der Waals surface area (Å²) in [6.07, 6.45) is 0. The van der Waals surface area contributed by atoms with Gasteiger partial charge in [-0.3, -0.25) is 0 Å². The van der Waals surface area contributed by atoms with Crippen LogP contribution in [-0.4, -0.2) is 39.7 Å². The van der Waals surface area contributed by atoms with Crippen LogP contribution in [0.5, 0.6) is 0 Å². The van der Waals surface area contributed by atoms with Crippen molar-refractivity contribution in [2.75, 3.05) is 16.4 Å². The fourth-order valence-electron chi connectivity index (χ4n) is 0.530. The molecule has 2 unspecified atom stereocenters. The van der Waals surface area contributed by atoms with E-state index in [0.717, 1.165) is 0 Å². The maximum atomic E-state index is 6.20. The van der Waals surface area contributed by atoms with Gasteiger partial charge in [-0.05, 0) is 4.91 Å². The molecule has 2 atom stereocenters. The molecule has 0 nitrogen and oxygen atoms in total. The van der Waals surface area contributed by atoms with Crippen molar-refractivity contribution in [1.82, 2.24) is 0 Å². The summed E-state index contributed by atoms with van der Waals surface area (Å²) in [5, 5.41) is 0. The molecule has 1 rings (SSSR count). The Hall–Kier alpha value is 2.30. The second-order valence-corrected chi connectivity index (χ2v) is 8.43. The van der Waals surface area contributed by atoms with E-state index in [4.69, 9.17) is 1.37 Å². The van der Waals surface area contributed by atoms with Crippen LogP contribution in [0.3, 0.4) is 0 Å². The van der Waals surface area contributed by atoms with Crippen molar-refractivity contribution in [2.45, 2.75) is 8.30 Å². The van der Waals surface area contributed by atoms with Crippen LogP contribution in [0.25, 0.3) is 0 Å². The molecule has 0 saturated carbocycles. The molecule has 0 aromatic heterocycles. The van der Waals surface area contributed by atoms with E-state index >= 15 is 0 Å². The van der Waals surface area contributed by atoms with E-state index in [0.29, 0.717) is 28.2 Å². The quantitative estimate of drug-likeness (QED) is 0.283. The number of alkyl halides is 1. The summed E-state index contributed by atoms with van der Waals surface area (Å²) in [7, 11) is 0. The number of thiol groups is 2. The monoisotopic (exact) mass is 375 g/mol. The fourth-order valence-corrected chi connectivity index (χ4v) is 6.85. The van der Waals surface area contributed by atoms with Gasteiger partial charge in [0.1, 0.15) is 0 Å². The van der Waals surface area contributed by atoms with Gasteiger partial charge in [-0.25, -0.2) is 0 Å². The van der Waals surface area contributed by atoms with E-state index in [1.807, 2.05) is 34.4 Å². The molecule has 62 valence electrons. The van der Waals surface area contributed by atoms with Crippen molar-refractivity contribution in [3.8, 4) is 0 Å². The van der Waals surface area contributed by atoms with Gasteiger partial charge in [-0.2, -0.15) is 0 Å². The summed E-state index contributed by atoms with van der Waals surface area (Å²) in [6, 6.07) is 0. The molecule has 10 heavy (non-hydrogen) atoms. The molecule has 0 N–H and O–H groups in total. The van der Waals surface area contributed by atoms with E-state index in [9.17, 15) is 0 Å². The predicted octanol–water partition coefficient (Wildman–Crippen LogP) is 2.00. The average Bonchev–Trinajstić information content (AvgIpc) is 1.88. The SMILES string of the molecule is SC1CSCC(S)[Se]1.[2H]CI. The molecule has 1 saturated heterocycles. The topological polar surface area (TPSA) is 0 Å². The van der Waals surface area contributed by atoms with Crippen LogP contribution in [-0.2, 0) is 0 Å². The molecule has 0 aliphatic carbocycles. The molecule has 5 heteroatoms. The van der Waals surface area contributed by atoms with E-state index in [1.54, 1.807) is 0 Å². The minimum Gasteiger partial charge on any atom is -0.0901 e. The molecule has 0 radical (unpaired) electrons. The third-order valence-corrected chi connectivity index (χ3v) is 7.07. The number of rotatable bonds is 0. The molecule has 1 aliphatic rings. The van der Waals surface area contributed by atoms with Gasteiger partial charge in [0.15, 0.2) is 0 Å². The molecule has 1 heterocycles. The van der Waals surface area contributed by atoms with Crippen LogP contribution in [0.1, 0.15) is 1.37 Å². The summed E-state index contributed by atoms with van der Waals surface area (Å²) < 4.78 is 7.51. The molecule has 0 amide bonds. The van der Waals surface area contributed by atoms with Crippen molar-refractivity contribution < 1.29 is 1.37 Å². The number of thioether (sulfide) groups is 1. The molecule has 1 fully saturated rings. The summed E-state index contributed by atoms with van der Waals surface area (Å²) in [4.78, 5) is 0.470. The normalized spacial score (nSPS) is 33.7. The van der Waals surface area contributed by atoms with Gasteiger partial charge in [0.05, 0.1) is 0 Å². The largest absolute Gasteiger partial charge is 0.0901 e. The zero-order valence-corrected chi connectivity index (χ0v) is 11.8. The van der Waals surface area contributed by atoms with Crippen LogP contribution < -0.4 is 0 Å². The second-order valence-electron chi connectivity index (χ2n) is 1.58. The Morgan fingerprint density at radius 3 is 2.20 bits per heavy atom. The van der Waals surface area contributed by atoms with Gasteiger partial charge in [-0.1, -0.05) is 22.6 Å². The van der Waals surface area contributed by atoms with Gasteiger partial charge in [-0.15, -0.1) is 0 Å². The Balaban J connectivity index is 0.000000292. The predicted molar refractivity (Wildman–Crippen MR) is 68.6 cm³/mol. The average molecular weight is 374 g/mol. The Kier molecular flexibility index (Phi) is 8.23. The first kappa shape index (κ1) is 10.4.